The number of halogens is 4. The van der Waals surface area contributed by atoms with E-state index in [1.165, 1.54) is 12.8 Å². The molecule has 2 N–H and O–H groups in total. The number of nitrogens with one attached hydrogen (secondary N) is 2. The number of piperidine rings is 1. The van der Waals surface area contributed by atoms with Gasteiger partial charge in [-0.05, 0) is 56.5 Å². The largest absolute Gasteiger partial charge is 0.406 e. The van der Waals surface area contributed by atoms with Crippen molar-refractivity contribution in [3.8, 4) is 11.5 Å². The Kier molecular flexibility index (Phi) is 7.22. The summed E-state index contributed by atoms with van der Waals surface area (Å²) in [6.07, 6.45) is 0.984. The number of likely N-dealkylation sites (tertiary alicyclic amines) is 1. The second-order valence-corrected chi connectivity index (χ2v) is 11.0. The number of amides is 1. The molecule has 1 amide bonds. The van der Waals surface area contributed by atoms with Crippen molar-refractivity contribution in [1.29, 1.82) is 0 Å². The van der Waals surface area contributed by atoms with Gasteiger partial charge in [-0.25, -0.2) is 4.39 Å². The third-order valence-corrected chi connectivity index (χ3v) is 7.64. The number of fused-ring (bicyclic) bond motifs is 1. The summed E-state index contributed by atoms with van der Waals surface area (Å²) >= 11 is 0. The smallest absolute Gasteiger partial charge is 0.379 e. The second kappa shape index (κ2) is 10.8. The van der Waals surface area contributed by atoms with E-state index in [2.05, 4.69) is 20.8 Å². The number of anilines is 1. The van der Waals surface area contributed by atoms with Crippen molar-refractivity contribution < 1.29 is 26.9 Å². The van der Waals surface area contributed by atoms with Crippen molar-refractivity contribution in [3.05, 3.63) is 54.2 Å². The van der Waals surface area contributed by atoms with Crippen LogP contribution >= 0.6 is 0 Å². The van der Waals surface area contributed by atoms with Crippen LogP contribution in [0, 0.1) is 5.92 Å². The van der Waals surface area contributed by atoms with E-state index in [9.17, 15) is 22.4 Å². The average molecular weight is 574 g/mol. The predicted molar refractivity (Wildman–Crippen MR) is 144 cm³/mol. The van der Waals surface area contributed by atoms with E-state index in [4.69, 9.17) is 4.52 Å². The van der Waals surface area contributed by atoms with Gasteiger partial charge in [0, 0.05) is 43.1 Å². The van der Waals surface area contributed by atoms with Gasteiger partial charge in [0.15, 0.2) is 0 Å². The van der Waals surface area contributed by atoms with E-state index < -0.39 is 24.9 Å². The first-order valence-corrected chi connectivity index (χ1v) is 13.7. The SMILES string of the molecule is CN1CC[C@@H](Nc2cccc3c2cc(-c2noc(CNC(=O)c4ccn(CC5CC5)c4)n2)n3CC(F)(F)F)[C@@H](F)C1. The molecule has 9 nitrogen and oxygen atoms in total. The predicted octanol–water partition coefficient (Wildman–Crippen LogP) is 4.85. The molecule has 0 spiro atoms. The molecule has 3 aromatic heterocycles. The van der Waals surface area contributed by atoms with Crippen LogP contribution in [0.25, 0.3) is 22.4 Å². The number of hydrogen-bond donors (Lipinski definition) is 2. The van der Waals surface area contributed by atoms with Crippen molar-refractivity contribution in [2.75, 3.05) is 25.5 Å². The minimum Gasteiger partial charge on any atom is -0.379 e. The summed E-state index contributed by atoms with van der Waals surface area (Å²) in [5, 5.41) is 10.3. The van der Waals surface area contributed by atoms with Gasteiger partial charge in [0.1, 0.15) is 12.7 Å². The molecule has 218 valence electrons. The Morgan fingerprint density at radius 2 is 2.02 bits per heavy atom. The molecule has 0 unspecified atom stereocenters. The zero-order valence-corrected chi connectivity index (χ0v) is 22.5. The number of rotatable bonds is 9. The number of alkyl halides is 4. The van der Waals surface area contributed by atoms with Crippen LogP contribution in [0.2, 0.25) is 0 Å². The van der Waals surface area contributed by atoms with Crippen LogP contribution in [-0.2, 0) is 19.6 Å². The number of carbonyl (C=O) groups excluding carboxylic acids is 1. The Morgan fingerprint density at radius 3 is 2.78 bits per heavy atom. The molecular formula is C28H31F4N7O2. The number of benzene rings is 1. The topological polar surface area (TPSA) is 93.2 Å². The van der Waals surface area contributed by atoms with Gasteiger partial charge in [-0.3, -0.25) is 4.79 Å². The van der Waals surface area contributed by atoms with Gasteiger partial charge in [-0.2, -0.15) is 18.2 Å². The molecule has 41 heavy (non-hydrogen) atoms. The maximum Gasteiger partial charge on any atom is 0.406 e. The summed E-state index contributed by atoms with van der Waals surface area (Å²) in [6.45, 7) is 0.523. The molecule has 1 saturated carbocycles. The lowest BCUT2D eigenvalue weighted by Crippen LogP contribution is -2.46. The Bertz CT molecular complexity index is 1540. The Balaban J connectivity index is 1.23. The van der Waals surface area contributed by atoms with Crippen molar-refractivity contribution >= 4 is 22.5 Å². The van der Waals surface area contributed by atoms with Gasteiger partial charge in [-0.15, -0.1) is 0 Å². The van der Waals surface area contributed by atoms with E-state index in [0.29, 0.717) is 41.0 Å². The fourth-order valence-electron chi connectivity index (χ4n) is 5.34. The van der Waals surface area contributed by atoms with E-state index >= 15 is 0 Å². The van der Waals surface area contributed by atoms with Gasteiger partial charge >= 0.3 is 6.18 Å². The summed E-state index contributed by atoms with van der Waals surface area (Å²) in [4.78, 5) is 18.8. The van der Waals surface area contributed by atoms with Crippen molar-refractivity contribution in [1.82, 2.24) is 29.5 Å². The minimum absolute atomic E-state index is 0.0427. The highest BCUT2D eigenvalue weighted by molar-refractivity contribution is 5.96. The molecule has 4 heterocycles. The van der Waals surface area contributed by atoms with Crippen LogP contribution in [0.1, 0.15) is 35.5 Å². The third kappa shape index (κ3) is 6.24. The Labute approximate surface area is 233 Å². The maximum absolute atomic E-state index is 14.7. The standard InChI is InChI=1S/C28H31F4N7O2/c1-37-9-8-22(20(29)15-37)34-21-3-2-4-23-19(21)11-24(39(23)16-28(30,31)32)26-35-25(41-36-26)12-33-27(40)18-7-10-38(14-18)13-17-5-6-17/h2-4,7,10-11,14,17,20,22,34H,5-6,8-9,12-13,15-16H2,1H3,(H,33,40)/t20-,22+/m0/s1. The first-order chi connectivity index (χ1) is 19.6. The molecule has 2 fully saturated rings. The zero-order valence-electron chi connectivity index (χ0n) is 22.5. The summed E-state index contributed by atoms with van der Waals surface area (Å²) in [7, 11) is 1.85. The van der Waals surface area contributed by atoms with Crippen LogP contribution in [0.5, 0.6) is 0 Å². The van der Waals surface area contributed by atoms with Crippen LogP contribution in [-0.4, -0.2) is 68.6 Å². The lowest BCUT2D eigenvalue weighted by atomic mass is 10.0. The molecule has 13 heteroatoms. The molecule has 1 aliphatic carbocycles. The molecule has 1 saturated heterocycles. The quantitative estimate of drug-likeness (QED) is 0.278. The molecule has 2 aliphatic rings. The lowest BCUT2D eigenvalue weighted by Gasteiger charge is -2.33. The first kappa shape index (κ1) is 27.3. The average Bonchev–Trinajstić information content (AvgIpc) is 3.27. The summed E-state index contributed by atoms with van der Waals surface area (Å²) < 4.78 is 64.0. The van der Waals surface area contributed by atoms with Gasteiger partial charge in [0.2, 0.25) is 11.7 Å². The highest BCUT2D eigenvalue weighted by Crippen LogP contribution is 2.35. The summed E-state index contributed by atoms with van der Waals surface area (Å²) in [5.41, 5.74) is 1.44. The van der Waals surface area contributed by atoms with E-state index in [0.717, 1.165) is 11.1 Å². The molecule has 0 radical (unpaired) electrons. The monoisotopic (exact) mass is 573 g/mol. The molecule has 6 rings (SSSR count). The van der Waals surface area contributed by atoms with Crippen LogP contribution < -0.4 is 10.6 Å². The highest BCUT2D eigenvalue weighted by atomic mass is 19.4. The highest BCUT2D eigenvalue weighted by Gasteiger charge is 2.32. The van der Waals surface area contributed by atoms with Crippen molar-refractivity contribution in [2.45, 2.75) is 57.3 Å². The number of aromatic nitrogens is 4. The first-order valence-electron chi connectivity index (χ1n) is 13.7. The normalized spacial score (nSPS) is 20.0. The maximum atomic E-state index is 14.7. The van der Waals surface area contributed by atoms with Gasteiger partial charge in [0.25, 0.3) is 5.91 Å². The summed E-state index contributed by atoms with van der Waals surface area (Å²) in [6, 6.07) is 7.77. The number of nitrogens with zero attached hydrogens (tertiary/aromatic N) is 5. The van der Waals surface area contributed by atoms with Crippen LogP contribution in [0.15, 0.2) is 47.2 Å². The van der Waals surface area contributed by atoms with Crippen LogP contribution in [0.3, 0.4) is 0 Å². The fraction of sp³-hybridized carbons (Fsp3) is 0.464. The lowest BCUT2D eigenvalue weighted by molar-refractivity contribution is -0.139. The number of hydrogen-bond acceptors (Lipinski definition) is 6. The molecule has 1 aromatic carbocycles. The van der Waals surface area contributed by atoms with Crippen molar-refractivity contribution in [2.24, 2.45) is 5.92 Å². The van der Waals surface area contributed by atoms with E-state index in [1.807, 2.05) is 22.7 Å². The van der Waals surface area contributed by atoms with Gasteiger partial charge in [-0.1, -0.05) is 11.2 Å². The minimum atomic E-state index is -4.52. The Hall–Kier alpha value is -3.87. The molecule has 1 aliphatic heterocycles. The molecule has 2 atom stereocenters. The Morgan fingerprint density at radius 1 is 1.20 bits per heavy atom. The van der Waals surface area contributed by atoms with Gasteiger partial charge < -0.3 is 29.2 Å². The van der Waals surface area contributed by atoms with Crippen molar-refractivity contribution in [3.63, 3.8) is 0 Å². The van der Waals surface area contributed by atoms with E-state index in [-0.39, 0.29) is 36.4 Å². The van der Waals surface area contributed by atoms with Crippen LogP contribution in [0.4, 0.5) is 23.2 Å². The third-order valence-electron chi connectivity index (χ3n) is 7.64. The summed E-state index contributed by atoms with van der Waals surface area (Å²) in [5.74, 6) is 0.365. The molecular weight excluding hydrogens is 542 g/mol. The second-order valence-electron chi connectivity index (χ2n) is 11.0. The van der Waals surface area contributed by atoms with E-state index in [1.54, 1.807) is 36.5 Å². The zero-order chi connectivity index (χ0) is 28.7. The van der Waals surface area contributed by atoms with Gasteiger partial charge in [0.05, 0.1) is 29.4 Å². The molecule has 0 bridgehead atoms. The molecule has 4 aromatic rings. The fourth-order valence-corrected chi connectivity index (χ4v) is 5.34. The number of carbonyl (C=O) groups is 1.